The van der Waals surface area contributed by atoms with Gasteiger partial charge >= 0.3 is 0 Å². The Hall–Kier alpha value is -1.58. The summed E-state index contributed by atoms with van der Waals surface area (Å²) in [7, 11) is 0. The smallest absolute Gasteiger partial charge is 0.250 e. The molecule has 4 nitrogen and oxygen atoms in total. The van der Waals surface area contributed by atoms with E-state index in [1.165, 1.54) is 0 Å². The second-order valence-corrected chi connectivity index (χ2v) is 4.27. The zero-order valence-electron chi connectivity index (χ0n) is 8.27. The highest BCUT2D eigenvalue weighted by Crippen LogP contribution is 2.31. The van der Waals surface area contributed by atoms with E-state index in [2.05, 4.69) is 5.32 Å². The highest BCUT2D eigenvalue weighted by molar-refractivity contribution is 5.80. The SMILES string of the molecule is O=C1NC[C@@H]2C[C@H]1Cn1c2cccc1=O. The van der Waals surface area contributed by atoms with Gasteiger partial charge in [0.05, 0.1) is 5.92 Å². The van der Waals surface area contributed by atoms with Gasteiger partial charge in [-0.1, -0.05) is 6.07 Å². The first-order valence-electron chi connectivity index (χ1n) is 5.23. The summed E-state index contributed by atoms with van der Waals surface area (Å²) in [6.45, 7) is 1.20. The minimum absolute atomic E-state index is 0.0110. The van der Waals surface area contributed by atoms with Gasteiger partial charge in [-0.15, -0.1) is 0 Å². The van der Waals surface area contributed by atoms with Gasteiger partial charge in [0, 0.05) is 30.8 Å². The lowest BCUT2D eigenvalue weighted by Gasteiger charge is -2.36. The van der Waals surface area contributed by atoms with Crippen LogP contribution in [0.5, 0.6) is 0 Å². The molecule has 3 heterocycles. The van der Waals surface area contributed by atoms with Crippen LogP contribution in [-0.2, 0) is 11.3 Å². The Bertz CT molecular complexity index is 478. The first-order chi connectivity index (χ1) is 7.25. The number of amides is 1. The monoisotopic (exact) mass is 204 g/mol. The van der Waals surface area contributed by atoms with Gasteiger partial charge in [0.25, 0.3) is 5.56 Å². The van der Waals surface area contributed by atoms with Crippen molar-refractivity contribution in [2.24, 2.45) is 5.92 Å². The molecule has 0 radical (unpaired) electrons. The molecular formula is C11H12N2O2. The van der Waals surface area contributed by atoms with E-state index < -0.39 is 0 Å². The Balaban J connectivity index is 2.14. The Morgan fingerprint density at radius 3 is 3.00 bits per heavy atom. The molecule has 2 atom stereocenters. The summed E-state index contributed by atoms with van der Waals surface area (Å²) < 4.78 is 1.75. The van der Waals surface area contributed by atoms with Crippen LogP contribution in [-0.4, -0.2) is 17.0 Å². The second-order valence-electron chi connectivity index (χ2n) is 4.27. The first kappa shape index (κ1) is 8.71. The van der Waals surface area contributed by atoms with E-state index in [1.54, 1.807) is 16.7 Å². The number of nitrogens with zero attached hydrogens (tertiary/aromatic N) is 1. The van der Waals surface area contributed by atoms with Crippen LogP contribution in [0.1, 0.15) is 18.0 Å². The molecule has 15 heavy (non-hydrogen) atoms. The molecule has 78 valence electrons. The summed E-state index contributed by atoms with van der Waals surface area (Å²) in [6, 6.07) is 5.34. The fourth-order valence-electron chi connectivity index (χ4n) is 2.59. The van der Waals surface area contributed by atoms with Crippen molar-refractivity contribution in [2.45, 2.75) is 18.9 Å². The van der Waals surface area contributed by atoms with Crippen molar-refractivity contribution >= 4 is 5.91 Å². The predicted molar refractivity (Wildman–Crippen MR) is 54.6 cm³/mol. The number of hydrogen-bond acceptors (Lipinski definition) is 2. The van der Waals surface area contributed by atoms with E-state index in [4.69, 9.17) is 0 Å². The van der Waals surface area contributed by atoms with Gasteiger partial charge in [0.1, 0.15) is 0 Å². The molecule has 0 spiro atoms. The fourth-order valence-corrected chi connectivity index (χ4v) is 2.59. The van der Waals surface area contributed by atoms with Crippen molar-refractivity contribution in [3.05, 3.63) is 34.2 Å². The molecule has 1 aromatic heterocycles. The molecule has 1 N–H and O–H groups in total. The Morgan fingerprint density at radius 1 is 1.27 bits per heavy atom. The summed E-state index contributed by atoms with van der Waals surface area (Å²) >= 11 is 0. The van der Waals surface area contributed by atoms with Gasteiger partial charge in [0.2, 0.25) is 5.91 Å². The number of nitrogens with one attached hydrogen (secondary N) is 1. The molecule has 2 aliphatic rings. The third kappa shape index (κ3) is 1.21. The Labute approximate surface area is 86.9 Å². The molecule has 0 unspecified atom stereocenters. The van der Waals surface area contributed by atoms with E-state index in [0.29, 0.717) is 19.0 Å². The number of aromatic nitrogens is 1. The van der Waals surface area contributed by atoms with Crippen molar-refractivity contribution in [2.75, 3.05) is 6.54 Å². The van der Waals surface area contributed by atoms with Crippen LogP contribution in [0, 0.1) is 5.92 Å². The predicted octanol–water partition coefficient (Wildman–Crippen LogP) is 0.0816. The Morgan fingerprint density at radius 2 is 2.13 bits per heavy atom. The van der Waals surface area contributed by atoms with E-state index in [1.807, 2.05) is 6.07 Å². The van der Waals surface area contributed by atoms with Crippen LogP contribution in [0.4, 0.5) is 0 Å². The number of carbonyl (C=O) groups excluding carboxylic acids is 1. The summed E-state index contributed by atoms with van der Waals surface area (Å²) in [6.07, 6.45) is 0.884. The van der Waals surface area contributed by atoms with Crippen LogP contribution < -0.4 is 10.9 Å². The molecule has 3 rings (SSSR count). The molecule has 1 amide bonds. The average molecular weight is 204 g/mol. The minimum Gasteiger partial charge on any atom is -0.355 e. The van der Waals surface area contributed by atoms with Crippen LogP contribution in [0.2, 0.25) is 0 Å². The van der Waals surface area contributed by atoms with Crippen molar-refractivity contribution in [1.82, 2.24) is 9.88 Å². The number of carbonyl (C=O) groups is 1. The van der Waals surface area contributed by atoms with Crippen molar-refractivity contribution < 1.29 is 4.79 Å². The van der Waals surface area contributed by atoms with Crippen LogP contribution in [0.15, 0.2) is 23.0 Å². The number of piperidine rings is 1. The molecule has 0 aromatic carbocycles. The third-order valence-electron chi connectivity index (χ3n) is 3.37. The van der Waals surface area contributed by atoms with Crippen LogP contribution in [0.25, 0.3) is 0 Å². The number of fused-ring (bicyclic) bond motifs is 4. The largest absolute Gasteiger partial charge is 0.355 e. The molecule has 1 aromatic rings. The third-order valence-corrected chi connectivity index (χ3v) is 3.37. The van der Waals surface area contributed by atoms with Crippen molar-refractivity contribution in [3.63, 3.8) is 0 Å². The summed E-state index contributed by atoms with van der Waals surface area (Å²) in [5, 5.41) is 2.89. The number of hydrogen-bond donors (Lipinski definition) is 1. The molecule has 0 aliphatic carbocycles. The molecular weight excluding hydrogens is 192 g/mol. The van der Waals surface area contributed by atoms with Gasteiger partial charge in [-0.3, -0.25) is 9.59 Å². The van der Waals surface area contributed by atoms with Gasteiger partial charge in [-0.05, 0) is 12.5 Å². The lowest BCUT2D eigenvalue weighted by molar-refractivity contribution is -0.128. The van der Waals surface area contributed by atoms with E-state index in [9.17, 15) is 9.59 Å². The summed E-state index contributed by atoms with van der Waals surface area (Å²) in [4.78, 5) is 23.1. The van der Waals surface area contributed by atoms with Crippen LogP contribution in [0.3, 0.4) is 0 Å². The maximum absolute atomic E-state index is 11.6. The van der Waals surface area contributed by atoms with Gasteiger partial charge in [-0.25, -0.2) is 0 Å². The minimum atomic E-state index is -0.0173. The normalized spacial score (nSPS) is 28.1. The fraction of sp³-hybridized carbons (Fsp3) is 0.455. The highest BCUT2D eigenvalue weighted by Gasteiger charge is 2.35. The van der Waals surface area contributed by atoms with Crippen molar-refractivity contribution in [1.29, 1.82) is 0 Å². The topological polar surface area (TPSA) is 51.1 Å². The molecule has 2 aliphatic heterocycles. The number of pyridine rings is 1. The van der Waals surface area contributed by atoms with Crippen LogP contribution >= 0.6 is 0 Å². The quantitative estimate of drug-likeness (QED) is 0.650. The van der Waals surface area contributed by atoms with Gasteiger partial charge in [0.15, 0.2) is 0 Å². The summed E-state index contributed by atoms with van der Waals surface area (Å²) in [5.41, 5.74) is 1.08. The first-order valence-corrected chi connectivity index (χ1v) is 5.23. The Kier molecular flexibility index (Phi) is 1.71. The molecule has 0 saturated carbocycles. The summed E-state index contributed by atoms with van der Waals surface area (Å²) in [5.74, 6) is 0.388. The zero-order chi connectivity index (χ0) is 10.4. The van der Waals surface area contributed by atoms with E-state index >= 15 is 0 Å². The number of rotatable bonds is 0. The average Bonchev–Trinajstić information content (AvgIpc) is 2.25. The van der Waals surface area contributed by atoms with E-state index in [0.717, 1.165) is 12.1 Å². The van der Waals surface area contributed by atoms with Gasteiger partial charge in [-0.2, -0.15) is 0 Å². The maximum atomic E-state index is 11.6. The standard InChI is InChI=1S/C11H12N2O2/c14-10-3-1-2-9-7-4-8(6-13(9)10)11(15)12-5-7/h1-3,7-8H,4-6H2,(H,12,15)/t7-,8-/m0/s1. The molecule has 4 heteroatoms. The zero-order valence-corrected chi connectivity index (χ0v) is 8.27. The molecule has 1 fully saturated rings. The maximum Gasteiger partial charge on any atom is 0.250 e. The molecule has 1 saturated heterocycles. The second kappa shape index (κ2) is 2.95. The van der Waals surface area contributed by atoms with Gasteiger partial charge < -0.3 is 9.88 Å². The van der Waals surface area contributed by atoms with Crippen molar-refractivity contribution in [3.8, 4) is 0 Å². The van der Waals surface area contributed by atoms with E-state index in [-0.39, 0.29) is 17.4 Å². The lowest BCUT2D eigenvalue weighted by Crippen LogP contribution is -2.48. The molecule has 2 bridgehead atoms. The lowest BCUT2D eigenvalue weighted by atomic mass is 9.84. The highest BCUT2D eigenvalue weighted by atomic mass is 16.2.